The third-order valence-electron chi connectivity index (χ3n) is 3.76. The fourth-order valence-corrected chi connectivity index (χ4v) is 3.14. The lowest BCUT2D eigenvalue weighted by Gasteiger charge is -2.11. The van der Waals surface area contributed by atoms with Gasteiger partial charge >= 0.3 is 0 Å². The van der Waals surface area contributed by atoms with Crippen LogP contribution in [-0.2, 0) is 4.79 Å². The van der Waals surface area contributed by atoms with E-state index in [1.54, 1.807) is 19.1 Å². The lowest BCUT2D eigenvalue weighted by molar-refractivity contribution is -0.383. The molecule has 1 atom stereocenters. The summed E-state index contributed by atoms with van der Waals surface area (Å²) in [5.41, 5.74) is 0.335. The van der Waals surface area contributed by atoms with Crippen molar-refractivity contribution in [2.45, 2.75) is 17.3 Å². The summed E-state index contributed by atoms with van der Waals surface area (Å²) < 4.78 is 14.6. The third kappa shape index (κ3) is 4.09. The van der Waals surface area contributed by atoms with Crippen LogP contribution in [0.2, 0.25) is 0 Å². The van der Waals surface area contributed by atoms with E-state index in [-0.39, 0.29) is 22.4 Å². The largest absolute Gasteiger partial charge is 0.335 e. The molecule has 1 aromatic heterocycles. The van der Waals surface area contributed by atoms with Gasteiger partial charge in [-0.3, -0.25) is 14.9 Å². The second-order valence-electron chi connectivity index (χ2n) is 5.71. The molecule has 28 heavy (non-hydrogen) atoms. The molecule has 0 unspecified atom stereocenters. The zero-order valence-electron chi connectivity index (χ0n) is 14.6. The molecule has 3 N–H and O–H groups in total. The first-order chi connectivity index (χ1) is 13.4. The highest BCUT2D eigenvalue weighted by Crippen LogP contribution is 2.28. The molecule has 144 valence electrons. The molecule has 0 fully saturated rings. The zero-order valence-corrected chi connectivity index (χ0v) is 15.4. The number of nitrogen functional groups attached to an aromatic ring is 1. The topological polar surface area (TPSA) is 129 Å². The Morgan fingerprint density at radius 1 is 1.29 bits per heavy atom. The molecule has 3 aromatic rings. The van der Waals surface area contributed by atoms with Crippen LogP contribution in [0.4, 0.5) is 15.8 Å². The standard InChI is InChI=1S/C17H15FN6O3S/c1-10(16(25)20-13-7-2-3-8-14(13)24(26)27)28-17-22-21-15(23(17)19)11-5-4-6-12(18)9-11/h2-10H,19H2,1H3,(H,20,25)/t10-/m1/s1. The fraction of sp³-hybridized carbons (Fsp3) is 0.118. The van der Waals surface area contributed by atoms with Crippen molar-refractivity contribution in [2.24, 2.45) is 0 Å². The summed E-state index contributed by atoms with van der Waals surface area (Å²) in [6.45, 7) is 1.60. The van der Waals surface area contributed by atoms with Crippen LogP contribution >= 0.6 is 11.8 Å². The number of nitrogens with zero attached hydrogens (tertiary/aromatic N) is 4. The summed E-state index contributed by atoms with van der Waals surface area (Å²) in [4.78, 5) is 22.9. The Morgan fingerprint density at radius 2 is 2.04 bits per heavy atom. The van der Waals surface area contributed by atoms with Crippen LogP contribution in [0.5, 0.6) is 0 Å². The van der Waals surface area contributed by atoms with E-state index in [1.165, 1.54) is 36.4 Å². The summed E-state index contributed by atoms with van der Waals surface area (Å²) in [6.07, 6.45) is 0. The maximum absolute atomic E-state index is 13.4. The van der Waals surface area contributed by atoms with Gasteiger partial charge in [0, 0.05) is 11.6 Å². The van der Waals surface area contributed by atoms with E-state index in [9.17, 15) is 19.3 Å². The van der Waals surface area contributed by atoms with E-state index in [2.05, 4.69) is 15.5 Å². The highest BCUT2D eigenvalue weighted by Gasteiger charge is 2.22. The molecule has 2 aromatic carbocycles. The van der Waals surface area contributed by atoms with Gasteiger partial charge in [-0.2, -0.15) is 0 Å². The number of hydrogen-bond acceptors (Lipinski definition) is 7. The number of nitrogens with two attached hydrogens (primary N) is 1. The number of anilines is 1. The summed E-state index contributed by atoms with van der Waals surface area (Å²) in [6, 6.07) is 11.6. The number of thioether (sulfide) groups is 1. The number of nitrogens with one attached hydrogen (secondary N) is 1. The van der Waals surface area contributed by atoms with Crippen LogP contribution in [0.3, 0.4) is 0 Å². The van der Waals surface area contributed by atoms with Gasteiger partial charge in [0.25, 0.3) is 5.69 Å². The Hall–Kier alpha value is -3.47. The Balaban J connectivity index is 1.74. The summed E-state index contributed by atoms with van der Waals surface area (Å²) in [7, 11) is 0. The second-order valence-corrected chi connectivity index (χ2v) is 7.02. The lowest BCUT2D eigenvalue weighted by atomic mass is 10.2. The van der Waals surface area contributed by atoms with Crippen molar-refractivity contribution in [1.82, 2.24) is 14.9 Å². The van der Waals surface area contributed by atoms with Gasteiger partial charge in [0.2, 0.25) is 11.1 Å². The molecule has 3 rings (SSSR count). The number of carbonyl (C=O) groups excluding carboxylic acids is 1. The number of nitro benzene ring substituents is 1. The van der Waals surface area contributed by atoms with Gasteiger partial charge in [0.1, 0.15) is 11.5 Å². The van der Waals surface area contributed by atoms with Crippen molar-refractivity contribution in [3.63, 3.8) is 0 Å². The minimum atomic E-state index is -0.674. The lowest BCUT2D eigenvalue weighted by Crippen LogP contribution is -2.24. The van der Waals surface area contributed by atoms with Crippen LogP contribution in [0, 0.1) is 15.9 Å². The molecule has 0 spiro atoms. The molecule has 0 radical (unpaired) electrons. The van der Waals surface area contributed by atoms with Crippen molar-refractivity contribution in [1.29, 1.82) is 0 Å². The maximum Gasteiger partial charge on any atom is 0.292 e. The number of aromatic nitrogens is 3. The van der Waals surface area contributed by atoms with E-state index in [0.29, 0.717) is 5.56 Å². The first-order valence-corrected chi connectivity index (χ1v) is 8.92. The predicted molar refractivity (Wildman–Crippen MR) is 103 cm³/mol. The monoisotopic (exact) mass is 402 g/mol. The number of amides is 1. The highest BCUT2D eigenvalue weighted by molar-refractivity contribution is 8.00. The number of para-hydroxylation sites is 2. The predicted octanol–water partition coefficient (Wildman–Crippen LogP) is 2.83. The van der Waals surface area contributed by atoms with Crippen molar-refractivity contribution in [2.75, 3.05) is 11.2 Å². The Bertz CT molecular complexity index is 1040. The summed E-state index contributed by atoms with van der Waals surface area (Å²) in [5, 5.41) is 21.0. The number of hydrogen-bond donors (Lipinski definition) is 2. The fourth-order valence-electron chi connectivity index (χ4n) is 2.37. The van der Waals surface area contributed by atoms with Gasteiger partial charge in [-0.15, -0.1) is 10.2 Å². The molecule has 0 aliphatic carbocycles. The highest BCUT2D eigenvalue weighted by atomic mass is 32.2. The number of rotatable bonds is 6. The van der Waals surface area contributed by atoms with Gasteiger partial charge in [0.15, 0.2) is 5.82 Å². The van der Waals surface area contributed by atoms with E-state index in [0.717, 1.165) is 16.4 Å². The van der Waals surface area contributed by atoms with Crippen LogP contribution in [0.25, 0.3) is 11.4 Å². The normalized spacial score (nSPS) is 11.8. The average molecular weight is 402 g/mol. The van der Waals surface area contributed by atoms with Gasteiger partial charge in [-0.25, -0.2) is 9.07 Å². The van der Waals surface area contributed by atoms with Crippen LogP contribution < -0.4 is 11.2 Å². The number of halogens is 1. The first-order valence-electron chi connectivity index (χ1n) is 8.04. The molecule has 1 amide bonds. The van der Waals surface area contributed by atoms with Crippen molar-refractivity contribution >= 4 is 29.0 Å². The second kappa shape index (κ2) is 8.05. The van der Waals surface area contributed by atoms with Crippen LogP contribution in [0.15, 0.2) is 53.7 Å². The number of nitro groups is 1. The maximum atomic E-state index is 13.4. The zero-order chi connectivity index (χ0) is 20.3. The molecular weight excluding hydrogens is 387 g/mol. The summed E-state index contributed by atoms with van der Waals surface area (Å²) >= 11 is 1.02. The Kier molecular flexibility index (Phi) is 5.54. The van der Waals surface area contributed by atoms with Crippen molar-refractivity contribution in [3.05, 3.63) is 64.5 Å². The van der Waals surface area contributed by atoms with Crippen LogP contribution in [0.1, 0.15) is 6.92 Å². The van der Waals surface area contributed by atoms with Crippen LogP contribution in [-0.4, -0.2) is 31.0 Å². The Morgan fingerprint density at radius 3 is 2.75 bits per heavy atom. The summed E-state index contributed by atoms with van der Waals surface area (Å²) in [5.74, 6) is 5.32. The molecule has 0 bridgehead atoms. The van der Waals surface area contributed by atoms with E-state index in [1.807, 2.05) is 0 Å². The quantitative estimate of drug-likeness (QED) is 0.281. The first kappa shape index (κ1) is 19.3. The average Bonchev–Trinajstić information content (AvgIpc) is 3.02. The van der Waals surface area contributed by atoms with Crippen molar-refractivity contribution in [3.8, 4) is 11.4 Å². The minimum absolute atomic E-state index is 0.0969. The Labute approximate surface area is 162 Å². The molecule has 0 saturated carbocycles. The number of carbonyl (C=O) groups is 1. The molecule has 0 aliphatic heterocycles. The molecule has 11 heteroatoms. The van der Waals surface area contributed by atoms with Gasteiger partial charge < -0.3 is 11.2 Å². The minimum Gasteiger partial charge on any atom is -0.335 e. The molecule has 1 heterocycles. The molecular formula is C17H15FN6O3S. The molecule has 0 aliphatic rings. The molecule has 0 saturated heterocycles. The van der Waals surface area contributed by atoms with Gasteiger partial charge in [-0.05, 0) is 25.1 Å². The van der Waals surface area contributed by atoms with Gasteiger partial charge in [0.05, 0.1) is 10.2 Å². The SMILES string of the molecule is C[C@@H](Sc1nnc(-c2cccc(F)c2)n1N)C(=O)Nc1ccccc1[N+](=O)[O-]. The third-order valence-corrected chi connectivity index (χ3v) is 4.81. The van der Waals surface area contributed by atoms with E-state index < -0.39 is 21.9 Å². The smallest absolute Gasteiger partial charge is 0.292 e. The molecule has 9 nitrogen and oxygen atoms in total. The number of benzene rings is 2. The van der Waals surface area contributed by atoms with E-state index >= 15 is 0 Å². The van der Waals surface area contributed by atoms with Gasteiger partial charge in [-0.1, -0.05) is 36.0 Å². The van der Waals surface area contributed by atoms with E-state index in [4.69, 9.17) is 5.84 Å². The van der Waals surface area contributed by atoms with Crippen molar-refractivity contribution < 1.29 is 14.1 Å².